The van der Waals surface area contributed by atoms with Gasteiger partial charge >= 0.3 is 0 Å². The van der Waals surface area contributed by atoms with Crippen LogP contribution < -0.4 is 5.32 Å². The van der Waals surface area contributed by atoms with Gasteiger partial charge in [-0.2, -0.15) is 0 Å². The molecule has 1 fully saturated rings. The zero-order valence-electron chi connectivity index (χ0n) is 5.61. The highest BCUT2D eigenvalue weighted by molar-refractivity contribution is 7.80. The van der Waals surface area contributed by atoms with Crippen LogP contribution in [0.4, 0.5) is 0 Å². The Hall–Kier alpha value is -0.370. The lowest BCUT2D eigenvalue weighted by molar-refractivity contribution is 0.904. The topological polar surface area (TPSA) is 12.0 Å². The van der Waals surface area contributed by atoms with Crippen molar-refractivity contribution in [2.75, 3.05) is 6.54 Å². The van der Waals surface area contributed by atoms with Crippen LogP contribution in [0.3, 0.4) is 0 Å². The van der Waals surface area contributed by atoms with Gasteiger partial charge in [-0.1, -0.05) is 12.2 Å². The average Bonchev–Trinajstić information content (AvgIpc) is 2.15. The first-order valence-corrected chi connectivity index (χ1v) is 3.65. The van der Waals surface area contributed by atoms with Crippen LogP contribution >= 0.6 is 12.2 Å². The van der Waals surface area contributed by atoms with Gasteiger partial charge in [0.05, 0.1) is 0 Å². The molecule has 0 aromatic rings. The molecule has 0 amide bonds. The van der Waals surface area contributed by atoms with Gasteiger partial charge in [-0.25, -0.2) is 0 Å². The largest absolute Gasteiger partial charge is 0.388 e. The lowest BCUT2D eigenvalue weighted by Crippen LogP contribution is -2.04. The second kappa shape index (κ2) is 2.97. The van der Waals surface area contributed by atoms with E-state index in [4.69, 9.17) is 12.2 Å². The van der Waals surface area contributed by atoms with E-state index in [0.717, 1.165) is 11.4 Å². The Labute approximate surface area is 61.1 Å². The van der Waals surface area contributed by atoms with Crippen molar-refractivity contribution >= 4 is 17.1 Å². The summed E-state index contributed by atoms with van der Waals surface area (Å²) in [7, 11) is 0. The Bertz CT molecular complexity index is 141. The number of allylic oxidation sites excluding steroid dienone is 2. The van der Waals surface area contributed by atoms with Gasteiger partial charge in [-0.05, 0) is 25.8 Å². The molecule has 1 saturated heterocycles. The molecule has 1 aliphatic rings. The molecule has 0 spiro atoms. The van der Waals surface area contributed by atoms with E-state index in [1.165, 1.54) is 18.5 Å². The summed E-state index contributed by atoms with van der Waals surface area (Å²) in [6, 6.07) is 0. The summed E-state index contributed by atoms with van der Waals surface area (Å²) in [4.78, 5) is 0.972. The maximum absolute atomic E-state index is 4.92. The first-order chi connectivity index (χ1) is 4.29. The van der Waals surface area contributed by atoms with E-state index in [-0.39, 0.29) is 0 Å². The van der Waals surface area contributed by atoms with Crippen molar-refractivity contribution < 1.29 is 0 Å². The molecule has 0 atom stereocenters. The SMILES string of the molecule is CC(=S)C=C1CCCN1. The third kappa shape index (κ3) is 2.14. The number of thiocarbonyl (C=S) groups is 1. The lowest BCUT2D eigenvalue weighted by Gasteiger charge is -1.94. The van der Waals surface area contributed by atoms with E-state index in [0.29, 0.717) is 0 Å². The second-order valence-corrected chi connectivity index (χ2v) is 2.95. The first-order valence-electron chi connectivity index (χ1n) is 3.24. The fraction of sp³-hybridized carbons (Fsp3) is 0.571. The van der Waals surface area contributed by atoms with E-state index in [1.807, 2.05) is 13.0 Å². The van der Waals surface area contributed by atoms with Crippen LogP contribution in [0.1, 0.15) is 19.8 Å². The van der Waals surface area contributed by atoms with Crippen molar-refractivity contribution in [1.82, 2.24) is 5.32 Å². The average molecular weight is 141 g/mol. The minimum Gasteiger partial charge on any atom is -0.388 e. The molecule has 0 aromatic heterocycles. The third-order valence-corrected chi connectivity index (χ3v) is 1.47. The van der Waals surface area contributed by atoms with Gasteiger partial charge in [0.25, 0.3) is 0 Å². The minimum atomic E-state index is 0.972. The number of nitrogens with one attached hydrogen (secondary N) is 1. The maximum atomic E-state index is 4.92. The van der Waals surface area contributed by atoms with Crippen LogP contribution in [0.5, 0.6) is 0 Å². The van der Waals surface area contributed by atoms with Crippen LogP contribution in [0.2, 0.25) is 0 Å². The maximum Gasteiger partial charge on any atom is 0.0147 e. The van der Waals surface area contributed by atoms with Crippen molar-refractivity contribution in [1.29, 1.82) is 0 Å². The molecule has 1 rings (SSSR count). The molecular weight excluding hydrogens is 130 g/mol. The summed E-state index contributed by atoms with van der Waals surface area (Å²) in [5, 5.41) is 3.26. The number of hydrogen-bond acceptors (Lipinski definition) is 2. The molecule has 0 aromatic carbocycles. The van der Waals surface area contributed by atoms with Crippen LogP contribution in [-0.4, -0.2) is 11.4 Å². The number of rotatable bonds is 1. The monoisotopic (exact) mass is 141 g/mol. The van der Waals surface area contributed by atoms with E-state index in [2.05, 4.69) is 5.32 Å². The Balaban J connectivity index is 2.49. The van der Waals surface area contributed by atoms with E-state index in [9.17, 15) is 0 Å². The van der Waals surface area contributed by atoms with Crippen LogP contribution in [0.15, 0.2) is 11.8 Å². The molecule has 0 saturated carbocycles. The van der Waals surface area contributed by atoms with Crippen molar-refractivity contribution in [3.63, 3.8) is 0 Å². The quantitative estimate of drug-likeness (QED) is 0.440. The van der Waals surface area contributed by atoms with E-state index in [1.54, 1.807) is 0 Å². The summed E-state index contributed by atoms with van der Waals surface area (Å²) in [6.45, 7) is 3.07. The van der Waals surface area contributed by atoms with Gasteiger partial charge in [0, 0.05) is 17.1 Å². The first kappa shape index (κ1) is 6.75. The summed E-state index contributed by atoms with van der Waals surface area (Å²) in [5.41, 5.74) is 1.31. The molecule has 0 aliphatic carbocycles. The molecule has 0 radical (unpaired) electrons. The minimum absolute atomic E-state index is 0.972. The second-order valence-electron chi connectivity index (χ2n) is 2.31. The van der Waals surface area contributed by atoms with Gasteiger partial charge in [0.15, 0.2) is 0 Å². The van der Waals surface area contributed by atoms with E-state index >= 15 is 0 Å². The summed E-state index contributed by atoms with van der Waals surface area (Å²) in [5.74, 6) is 0. The predicted molar refractivity (Wildman–Crippen MR) is 43.6 cm³/mol. The summed E-state index contributed by atoms with van der Waals surface area (Å²) < 4.78 is 0. The molecule has 1 heterocycles. The molecule has 1 aliphatic heterocycles. The highest BCUT2D eigenvalue weighted by Gasteiger charge is 2.03. The van der Waals surface area contributed by atoms with Gasteiger partial charge in [-0.3, -0.25) is 0 Å². The number of hydrogen-bond donors (Lipinski definition) is 1. The van der Waals surface area contributed by atoms with Crippen molar-refractivity contribution in [3.05, 3.63) is 11.8 Å². The summed E-state index contributed by atoms with van der Waals surface area (Å²) in [6.07, 6.45) is 4.48. The molecule has 0 unspecified atom stereocenters. The van der Waals surface area contributed by atoms with Gasteiger partial charge in [0.2, 0.25) is 0 Å². The van der Waals surface area contributed by atoms with Crippen LogP contribution in [0.25, 0.3) is 0 Å². The fourth-order valence-corrected chi connectivity index (χ4v) is 1.13. The van der Waals surface area contributed by atoms with Crippen molar-refractivity contribution in [2.24, 2.45) is 0 Å². The van der Waals surface area contributed by atoms with Crippen LogP contribution in [0, 0.1) is 0 Å². The van der Waals surface area contributed by atoms with Gasteiger partial charge in [-0.15, -0.1) is 0 Å². The highest BCUT2D eigenvalue weighted by atomic mass is 32.1. The fourth-order valence-electron chi connectivity index (χ4n) is 0.985. The smallest absolute Gasteiger partial charge is 0.0147 e. The van der Waals surface area contributed by atoms with Gasteiger partial charge in [0.1, 0.15) is 0 Å². The standard InChI is InChI=1S/C7H11NS/c1-6(9)5-7-3-2-4-8-7/h5,8H,2-4H2,1H3. The predicted octanol–water partition coefficient (Wildman–Crippen LogP) is 1.64. The molecular formula is C7H11NS. The summed E-state index contributed by atoms with van der Waals surface area (Å²) >= 11 is 4.92. The molecule has 9 heavy (non-hydrogen) atoms. The Morgan fingerprint density at radius 3 is 3.00 bits per heavy atom. The molecule has 1 N–H and O–H groups in total. The Morgan fingerprint density at radius 2 is 2.56 bits per heavy atom. The Morgan fingerprint density at radius 1 is 1.78 bits per heavy atom. The molecule has 1 nitrogen and oxygen atoms in total. The zero-order chi connectivity index (χ0) is 6.69. The highest BCUT2D eigenvalue weighted by Crippen LogP contribution is 2.07. The Kier molecular flexibility index (Phi) is 2.22. The van der Waals surface area contributed by atoms with Crippen LogP contribution in [-0.2, 0) is 0 Å². The van der Waals surface area contributed by atoms with Crippen molar-refractivity contribution in [2.45, 2.75) is 19.8 Å². The van der Waals surface area contributed by atoms with Crippen molar-refractivity contribution in [3.8, 4) is 0 Å². The van der Waals surface area contributed by atoms with Gasteiger partial charge < -0.3 is 5.32 Å². The molecule has 50 valence electrons. The zero-order valence-corrected chi connectivity index (χ0v) is 6.42. The molecule has 2 heteroatoms. The molecule has 0 bridgehead atoms. The third-order valence-electron chi connectivity index (χ3n) is 1.35. The van der Waals surface area contributed by atoms with E-state index < -0.39 is 0 Å². The normalized spacial score (nSPS) is 22.1. The lowest BCUT2D eigenvalue weighted by atomic mass is 10.3.